The molecule has 0 fully saturated rings. The second kappa shape index (κ2) is 15.6. The van der Waals surface area contributed by atoms with E-state index in [1.54, 1.807) is 19.1 Å². The topological polar surface area (TPSA) is 139 Å². The number of anilines is 1. The molecule has 0 aliphatic carbocycles. The summed E-state index contributed by atoms with van der Waals surface area (Å²) in [5.74, 6) is -1.10. The van der Waals surface area contributed by atoms with E-state index in [2.05, 4.69) is 16.0 Å². The van der Waals surface area contributed by atoms with Crippen molar-refractivity contribution in [1.82, 2.24) is 10.6 Å². The molecule has 8 heteroatoms. The second-order valence-corrected chi connectivity index (χ2v) is 8.78. The van der Waals surface area contributed by atoms with Crippen LogP contribution in [0.5, 0.6) is 0 Å². The van der Waals surface area contributed by atoms with Gasteiger partial charge in [-0.15, -0.1) is 0 Å². The lowest BCUT2D eigenvalue weighted by atomic mass is 10.0. The van der Waals surface area contributed by atoms with Gasteiger partial charge in [0, 0.05) is 5.69 Å². The lowest BCUT2D eigenvalue weighted by Crippen LogP contribution is -2.54. The van der Waals surface area contributed by atoms with Crippen LogP contribution in [0.15, 0.2) is 60.7 Å². The number of carbonyl (C=O) groups is 3. The minimum absolute atomic E-state index is 0.288. The molecule has 0 saturated heterocycles. The average molecular weight is 482 g/mol. The standard InChI is InChI=1S/C27H39N5O3/c1-20(29)25(33)31-24(18-17-21-12-6-4-7-13-21)27(35)32-23(16-10-2-3-11-19-28)26(34)30-22-14-8-5-9-15-22/h4-9,12-15,20,23-24H,2-3,10-11,16-19,28-29H2,1H3,(H,30,34)(H,31,33)(H,32,35)/t20-,23+,24+/m1/s1. The van der Waals surface area contributed by atoms with Crippen molar-refractivity contribution in [3.63, 3.8) is 0 Å². The first-order valence-electron chi connectivity index (χ1n) is 12.4. The number of rotatable bonds is 15. The van der Waals surface area contributed by atoms with Crippen LogP contribution in [-0.2, 0) is 20.8 Å². The Labute approximate surface area is 208 Å². The number of nitrogens with two attached hydrogens (primary N) is 2. The number of nitrogens with one attached hydrogen (secondary N) is 3. The Morgan fingerprint density at radius 3 is 1.94 bits per heavy atom. The van der Waals surface area contributed by atoms with E-state index < -0.39 is 29.9 Å². The molecule has 2 aromatic carbocycles. The molecule has 190 valence electrons. The summed E-state index contributed by atoms with van der Waals surface area (Å²) < 4.78 is 0. The van der Waals surface area contributed by atoms with E-state index in [-0.39, 0.29) is 5.91 Å². The molecular formula is C27H39N5O3. The van der Waals surface area contributed by atoms with Crippen LogP contribution in [0.1, 0.15) is 51.0 Å². The summed E-state index contributed by atoms with van der Waals surface area (Å²) in [7, 11) is 0. The highest BCUT2D eigenvalue weighted by atomic mass is 16.2. The molecule has 0 aromatic heterocycles. The smallest absolute Gasteiger partial charge is 0.246 e. The molecule has 3 amide bonds. The number of hydrogen-bond donors (Lipinski definition) is 5. The third-order valence-electron chi connectivity index (χ3n) is 5.73. The van der Waals surface area contributed by atoms with Gasteiger partial charge in [-0.2, -0.15) is 0 Å². The normalized spacial score (nSPS) is 13.3. The minimum atomic E-state index is -0.807. The predicted octanol–water partition coefficient (Wildman–Crippen LogP) is 2.48. The molecule has 0 bridgehead atoms. The van der Waals surface area contributed by atoms with Gasteiger partial charge in [-0.25, -0.2) is 0 Å². The molecule has 0 aliphatic rings. The Morgan fingerprint density at radius 2 is 1.31 bits per heavy atom. The summed E-state index contributed by atoms with van der Waals surface area (Å²) in [5, 5.41) is 8.49. The highest BCUT2D eigenvalue weighted by Gasteiger charge is 2.27. The quantitative estimate of drug-likeness (QED) is 0.249. The summed E-state index contributed by atoms with van der Waals surface area (Å²) in [6.45, 7) is 2.20. The average Bonchev–Trinajstić information content (AvgIpc) is 2.86. The lowest BCUT2D eigenvalue weighted by Gasteiger charge is -2.24. The highest BCUT2D eigenvalue weighted by Crippen LogP contribution is 2.12. The van der Waals surface area contributed by atoms with Crippen LogP contribution >= 0.6 is 0 Å². The van der Waals surface area contributed by atoms with E-state index in [1.165, 1.54) is 0 Å². The summed E-state index contributed by atoms with van der Waals surface area (Å²) in [4.78, 5) is 38.6. The zero-order chi connectivity index (χ0) is 25.5. The molecule has 0 heterocycles. The number of aryl methyl sites for hydroxylation is 1. The number of unbranched alkanes of at least 4 members (excludes halogenated alkanes) is 3. The molecule has 0 aliphatic heterocycles. The fraction of sp³-hybridized carbons (Fsp3) is 0.444. The summed E-state index contributed by atoms with van der Waals surface area (Å²) >= 11 is 0. The van der Waals surface area contributed by atoms with Crippen molar-refractivity contribution < 1.29 is 14.4 Å². The molecule has 0 saturated carbocycles. The summed E-state index contributed by atoms with van der Waals surface area (Å²) in [5.41, 5.74) is 13.0. The van der Waals surface area contributed by atoms with E-state index in [4.69, 9.17) is 11.5 Å². The molecule has 8 nitrogen and oxygen atoms in total. The van der Waals surface area contributed by atoms with Gasteiger partial charge in [0.2, 0.25) is 17.7 Å². The van der Waals surface area contributed by atoms with Gasteiger partial charge >= 0.3 is 0 Å². The lowest BCUT2D eigenvalue weighted by molar-refractivity contribution is -0.131. The van der Waals surface area contributed by atoms with Crippen molar-refractivity contribution >= 4 is 23.4 Å². The van der Waals surface area contributed by atoms with Crippen LogP contribution in [0.2, 0.25) is 0 Å². The second-order valence-electron chi connectivity index (χ2n) is 8.78. The van der Waals surface area contributed by atoms with E-state index in [0.29, 0.717) is 31.5 Å². The Bertz CT molecular complexity index is 906. The van der Waals surface area contributed by atoms with Gasteiger partial charge in [0.25, 0.3) is 0 Å². The van der Waals surface area contributed by atoms with Crippen LogP contribution in [0.25, 0.3) is 0 Å². The van der Waals surface area contributed by atoms with Gasteiger partial charge in [-0.3, -0.25) is 14.4 Å². The Kier molecular flexibility index (Phi) is 12.5. The van der Waals surface area contributed by atoms with Gasteiger partial charge in [-0.1, -0.05) is 67.8 Å². The van der Waals surface area contributed by atoms with Gasteiger partial charge < -0.3 is 27.4 Å². The molecule has 2 aromatic rings. The van der Waals surface area contributed by atoms with Crippen molar-refractivity contribution in [2.75, 3.05) is 11.9 Å². The van der Waals surface area contributed by atoms with Gasteiger partial charge in [0.1, 0.15) is 12.1 Å². The third-order valence-corrected chi connectivity index (χ3v) is 5.73. The van der Waals surface area contributed by atoms with Crippen molar-refractivity contribution in [3.8, 4) is 0 Å². The van der Waals surface area contributed by atoms with E-state index in [9.17, 15) is 14.4 Å². The van der Waals surface area contributed by atoms with Gasteiger partial charge in [0.15, 0.2) is 0 Å². The van der Waals surface area contributed by atoms with Crippen LogP contribution in [0.3, 0.4) is 0 Å². The van der Waals surface area contributed by atoms with E-state index in [0.717, 1.165) is 31.2 Å². The maximum Gasteiger partial charge on any atom is 0.246 e. The van der Waals surface area contributed by atoms with Gasteiger partial charge in [-0.05, 0) is 56.8 Å². The fourth-order valence-corrected chi connectivity index (χ4v) is 3.67. The maximum absolute atomic E-state index is 13.3. The first-order valence-corrected chi connectivity index (χ1v) is 12.4. The van der Waals surface area contributed by atoms with Crippen molar-refractivity contribution in [3.05, 3.63) is 66.2 Å². The molecule has 0 unspecified atom stereocenters. The molecule has 7 N–H and O–H groups in total. The van der Waals surface area contributed by atoms with Crippen molar-refractivity contribution in [2.24, 2.45) is 11.5 Å². The van der Waals surface area contributed by atoms with E-state index in [1.807, 2.05) is 48.5 Å². The largest absolute Gasteiger partial charge is 0.343 e. The summed E-state index contributed by atoms with van der Waals surface area (Å²) in [6, 6.07) is 16.6. The Hall–Kier alpha value is -3.23. The van der Waals surface area contributed by atoms with Crippen LogP contribution in [0, 0.1) is 0 Å². The minimum Gasteiger partial charge on any atom is -0.343 e. The monoisotopic (exact) mass is 481 g/mol. The number of benzene rings is 2. The molecule has 3 atom stereocenters. The van der Waals surface area contributed by atoms with Crippen molar-refractivity contribution in [1.29, 1.82) is 0 Å². The molecule has 0 spiro atoms. The first-order chi connectivity index (χ1) is 16.9. The number of hydrogen-bond acceptors (Lipinski definition) is 5. The summed E-state index contributed by atoms with van der Waals surface area (Å²) in [6.07, 6.45) is 5.06. The number of amides is 3. The first kappa shape index (κ1) is 28.0. The highest BCUT2D eigenvalue weighted by molar-refractivity contribution is 5.98. The third kappa shape index (κ3) is 10.7. The fourth-order valence-electron chi connectivity index (χ4n) is 3.67. The van der Waals surface area contributed by atoms with Crippen LogP contribution in [-0.4, -0.2) is 42.4 Å². The van der Waals surface area contributed by atoms with Crippen LogP contribution < -0.4 is 27.4 Å². The zero-order valence-electron chi connectivity index (χ0n) is 20.5. The van der Waals surface area contributed by atoms with Crippen molar-refractivity contribution in [2.45, 2.75) is 70.0 Å². The Balaban J connectivity index is 2.09. The number of carbonyl (C=O) groups excluding carboxylic acids is 3. The molecule has 0 radical (unpaired) electrons. The number of para-hydroxylation sites is 1. The molecule has 2 rings (SSSR count). The predicted molar refractivity (Wildman–Crippen MR) is 139 cm³/mol. The zero-order valence-corrected chi connectivity index (χ0v) is 20.5. The molecule has 35 heavy (non-hydrogen) atoms. The molecular weight excluding hydrogens is 442 g/mol. The van der Waals surface area contributed by atoms with Gasteiger partial charge in [0.05, 0.1) is 6.04 Å². The SMILES string of the molecule is C[C@@H](N)C(=O)N[C@@H](CCc1ccccc1)C(=O)N[C@@H](CCCCCCN)C(=O)Nc1ccccc1. The Morgan fingerprint density at radius 1 is 0.743 bits per heavy atom. The van der Waals surface area contributed by atoms with Crippen LogP contribution in [0.4, 0.5) is 5.69 Å². The van der Waals surface area contributed by atoms with E-state index >= 15 is 0 Å². The maximum atomic E-state index is 13.3.